The van der Waals surface area contributed by atoms with Gasteiger partial charge in [-0.3, -0.25) is 0 Å². The molecule has 2 aliphatic carbocycles. The Kier molecular flexibility index (Phi) is 6.52. The number of rotatable bonds is 4. The molecule has 10 aromatic rings. The maximum absolute atomic E-state index is 6.48. The normalized spacial score (nSPS) is 13.1. The maximum atomic E-state index is 6.48. The fourth-order valence-corrected chi connectivity index (χ4v) is 9.45. The van der Waals surface area contributed by atoms with E-state index < -0.39 is 0 Å². The Balaban J connectivity index is 1.07. The van der Waals surface area contributed by atoms with Crippen molar-refractivity contribution in [3.8, 4) is 67.5 Å². The molecule has 0 atom stereocenters. The van der Waals surface area contributed by atoms with Crippen LogP contribution >= 0.6 is 0 Å². The van der Waals surface area contributed by atoms with Crippen molar-refractivity contribution in [2.45, 2.75) is 5.41 Å². The lowest BCUT2D eigenvalue weighted by Gasteiger charge is -2.30. The molecule has 4 nitrogen and oxygen atoms in total. The number of hydrogen-bond donors (Lipinski definition) is 0. The molecule has 12 rings (SSSR count). The Bertz CT molecular complexity index is 3170. The van der Waals surface area contributed by atoms with Crippen molar-refractivity contribution >= 4 is 21.9 Å². The Morgan fingerprint density at radius 3 is 1.54 bits per heavy atom. The first-order valence-corrected chi connectivity index (χ1v) is 19.0. The van der Waals surface area contributed by atoms with Crippen LogP contribution in [0, 0.1) is 0 Å². The van der Waals surface area contributed by atoms with Gasteiger partial charge in [-0.2, -0.15) is 0 Å². The predicted octanol–water partition coefficient (Wildman–Crippen LogP) is 12.8. The minimum Gasteiger partial charge on any atom is -0.455 e. The van der Waals surface area contributed by atoms with Crippen molar-refractivity contribution in [1.82, 2.24) is 15.0 Å². The van der Waals surface area contributed by atoms with E-state index in [9.17, 15) is 0 Å². The topological polar surface area (TPSA) is 51.8 Å². The van der Waals surface area contributed by atoms with Crippen molar-refractivity contribution < 1.29 is 4.42 Å². The largest absolute Gasteiger partial charge is 0.455 e. The maximum Gasteiger partial charge on any atom is 0.167 e. The molecular formula is C52H31N3O. The molecule has 0 radical (unpaired) electrons. The van der Waals surface area contributed by atoms with Crippen molar-refractivity contribution in [1.29, 1.82) is 0 Å². The Labute approximate surface area is 323 Å². The first kappa shape index (κ1) is 31.0. The zero-order valence-corrected chi connectivity index (χ0v) is 30.1. The quantitative estimate of drug-likeness (QED) is 0.182. The molecule has 0 bridgehead atoms. The van der Waals surface area contributed by atoms with Gasteiger partial charge in [0.25, 0.3) is 0 Å². The van der Waals surface area contributed by atoms with E-state index >= 15 is 0 Å². The summed E-state index contributed by atoms with van der Waals surface area (Å²) in [6.07, 6.45) is 0. The van der Waals surface area contributed by atoms with Gasteiger partial charge in [-0.05, 0) is 73.8 Å². The summed E-state index contributed by atoms with van der Waals surface area (Å²) in [6, 6.07) is 66.7. The van der Waals surface area contributed by atoms with Crippen LogP contribution in [-0.2, 0) is 5.41 Å². The highest BCUT2D eigenvalue weighted by molar-refractivity contribution is 6.09. The summed E-state index contributed by atoms with van der Waals surface area (Å²) in [5, 5.41) is 2.10. The Morgan fingerprint density at radius 2 is 0.821 bits per heavy atom. The van der Waals surface area contributed by atoms with E-state index in [1.807, 2.05) is 54.6 Å². The van der Waals surface area contributed by atoms with Crippen LogP contribution in [0.3, 0.4) is 0 Å². The minimum atomic E-state index is -0.386. The number of hydrogen-bond acceptors (Lipinski definition) is 4. The van der Waals surface area contributed by atoms with Gasteiger partial charge >= 0.3 is 0 Å². The van der Waals surface area contributed by atoms with E-state index in [4.69, 9.17) is 19.4 Å². The van der Waals surface area contributed by atoms with E-state index in [2.05, 4.69) is 133 Å². The molecule has 0 amide bonds. The molecule has 0 saturated carbocycles. The van der Waals surface area contributed by atoms with Crippen LogP contribution in [-0.4, -0.2) is 15.0 Å². The van der Waals surface area contributed by atoms with Gasteiger partial charge < -0.3 is 4.42 Å². The average molecular weight is 714 g/mol. The van der Waals surface area contributed by atoms with Crippen molar-refractivity contribution in [3.63, 3.8) is 0 Å². The van der Waals surface area contributed by atoms with E-state index in [0.717, 1.165) is 49.8 Å². The van der Waals surface area contributed by atoms with E-state index in [-0.39, 0.29) is 5.41 Å². The monoisotopic (exact) mass is 713 g/mol. The van der Waals surface area contributed by atoms with E-state index in [0.29, 0.717) is 17.5 Å². The van der Waals surface area contributed by atoms with Crippen LogP contribution in [0.4, 0.5) is 0 Å². The molecule has 0 saturated heterocycles. The van der Waals surface area contributed by atoms with Gasteiger partial charge in [0.1, 0.15) is 11.2 Å². The third-order valence-corrected chi connectivity index (χ3v) is 11.8. The second-order valence-corrected chi connectivity index (χ2v) is 14.6. The molecule has 2 heterocycles. The molecule has 0 unspecified atom stereocenters. The van der Waals surface area contributed by atoms with Crippen LogP contribution in [0.25, 0.3) is 89.5 Å². The van der Waals surface area contributed by atoms with Crippen molar-refractivity contribution in [2.75, 3.05) is 0 Å². The molecule has 56 heavy (non-hydrogen) atoms. The highest BCUT2D eigenvalue weighted by Crippen LogP contribution is 2.63. The number of furan rings is 1. The molecular weight excluding hydrogens is 683 g/mol. The predicted molar refractivity (Wildman–Crippen MR) is 225 cm³/mol. The third kappa shape index (κ3) is 4.27. The van der Waals surface area contributed by atoms with Gasteiger partial charge in [-0.25, -0.2) is 15.0 Å². The first-order valence-electron chi connectivity index (χ1n) is 19.0. The summed E-state index contributed by atoms with van der Waals surface area (Å²) in [6.45, 7) is 0. The fourth-order valence-electron chi connectivity index (χ4n) is 9.45. The molecule has 1 spiro atoms. The zero-order valence-electron chi connectivity index (χ0n) is 30.1. The molecule has 4 heteroatoms. The van der Waals surface area contributed by atoms with Gasteiger partial charge in [-0.15, -0.1) is 0 Å². The summed E-state index contributed by atoms with van der Waals surface area (Å²) in [4.78, 5) is 15.5. The van der Waals surface area contributed by atoms with E-state index in [1.165, 1.54) is 44.5 Å². The van der Waals surface area contributed by atoms with Gasteiger partial charge in [0.05, 0.1) is 11.0 Å². The van der Waals surface area contributed by atoms with Crippen LogP contribution in [0.1, 0.15) is 22.3 Å². The molecule has 8 aromatic carbocycles. The summed E-state index contributed by atoms with van der Waals surface area (Å²) < 4.78 is 6.48. The van der Waals surface area contributed by atoms with Gasteiger partial charge in [0.15, 0.2) is 17.5 Å². The van der Waals surface area contributed by atoms with Crippen molar-refractivity contribution in [2.24, 2.45) is 0 Å². The van der Waals surface area contributed by atoms with Crippen LogP contribution < -0.4 is 0 Å². The summed E-state index contributed by atoms with van der Waals surface area (Å²) in [7, 11) is 0. The lowest BCUT2D eigenvalue weighted by Crippen LogP contribution is -2.25. The Hall–Kier alpha value is -7.43. The SMILES string of the molecule is c1ccc(-c2nc(-c3ccccc3-c3ccc4c(c3)-c3ccccc3C43c4ccccc4-c4ccccc43)nc(-c3cccc4c3oc3ccccc34)n2)cc1. The molecule has 0 N–H and O–H groups in total. The summed E-state index contributed by atoms with van der Waals surface area (Å²) in [5.74, 6) is 1.78. The van der Waals surface area contributed by atoms with Gasteiger partial charge in [-0.1, -0.05) is 170 Å². The average Bonchev–Trinajstić information content (AvgIpc) is 3.91. The van der Waals surface area contributed by atoms with Gasteiger partial charge in [0.2, 0.25) is 0 Å². The smallest absolute Gasteiger partial charge is 0.167 e. The number of aromatic nitrogens is 3. The number of para-hydroxylation sites is 2. The molecule has 260 valence electrons. The fraction of sp³-hybridized carbons (Fsp3) is 0.0192. The lowest BCUT2D eigenvalue weighted by molar-refractivity contribution is 0.669. The Morgan fingerprint density at radius 1 is 0.321 bits per heavy atom. The second kappa shape index (κ2) is 11.8. The second-order valence-electron chi connectivity index (χ2n) is 14.6. The molecule has 2 aliphatic rings. The number of nitrogens with zero attached hydrogens (tertiary/aromatic N) is 3. The highest BCUT2D eigenvalue weighted by Gasteiger charge is 2.51. The summed E-state index contributed by atoms with van der Waals surface area (Å²) in [5.41, 5.74) is 16.5. The van der Waals surface area contributed by atoms with Crippen LogP contribution in [0.5, 0.6) is 0 Å². The standard InChI is InChI=1S/C52H31N3O/c1-2-15-32(16-3-1)49-53-50(55-51(54-49)41-24-14-23-39-38-21-9-13-28-47(38)56-48(39)41)40-22-5-4-17-34(40)33-29-30-46-42(31-33)37-20-8-12-27-45(37)52(46)43-25-10-6-18-35(43)36-19-7-11-26-44(36)52/h1-31H. The minimum absolute atomic E-state index is 0.386. The number of fused-ring (bicyclic) bond motifs is 13. The van der Waals surface area contributed by atoms with E-state index in [1.54, 1.807) is 0 Å². The van der Waals surface area contributed by atoms with Crippen molar-refractivity contribution in [3.05, 3.63) is 210 Å². The third-order valence-electron chi connectivity index (χ3n) is 11.8. The number of benzene rings is 8. The van der Waals surface area contributed by atoms with Crippen LogP contribution in [0.15, 0.2) is 192 Å². The first-order chi connectivity index (χ1) is 27.8. The zero-order chi connectivity index (χ0) is 36.8. The molecule has 2 aromatic heterocycles. The molecule has 0 aliphatic heterocycles. The van der Waals surface area contributed by atoms with Crippen LogP contribution in [0.2, 0.25) is 0 Å². The van der Waals surface area contributed by atoms with Gasteiger partial charge in [0, 0.05) is 21.9 Å². The lowest BCUT2D eigenvalue weighted by atomic mass is 9.70. The molecule has 0 fully saturated rings. The highest BCUT2D eigenvalue weighted by atomic mass is 16.3. The summed E-state index contributed by atoms with van der Waals surface area (Å²) >= 11 is 0.